The van der Waals surface area contributed by atoms with Crippen LogP contribution >= 0.6 is 0 Å². The molecule has 1 aromatic rings. The summed E-state index contributed by atoms with van der Waals surface area (Å²) in [5.74, 6) is -0.131. The average molecular weight is 302 g/mol. The minimum absolute atomic E-state index is 0.0700. The number of nitrogens with zero attached hydrogens (tertiary/aromatic N) is 4. The highest BCUT2D eigenvalue weighted by Crippen LogP contribution is 2.21. The van der Waals surface area contributed by atoms with Gasteiger partial charge in [-0.1, -0.05) is 19.3 Å². The van der Waals surface area contributed by atoms with Gasteiger partial charge in [0.25, 0.3) is 5.56 Å². The summed E-state index contributed by atoms with van der Waals surface area (Å²) in [6.07, 6.45) is 5.54. The minimum Gasteiger partial charge on any atom is -0.341 e. The highest BCUT2D eigenvalue weighted by molar-refractivity contribution is 5.76. The molecule has 1 aliphatic carbocycles. The summed E-state index contributed by atoms with van der Waals surface area (Å²) in [5, 5.41) is 13.3. The van der Waals surface area contributed by atoms with Crippen molar-refractivity contribution >= 4 is 5.91 Å². The van der Waals surface area contributed by atoms with E-state index < -0.39 is 5.56 Å². The van der Waals surface area contributed by atoms with Crippen molar-refractivity contribution in [3.05, 3.63) is 27.2 Å². The lowest BCUT2D eigenvalue weighted by Gasteiger charge is -2.31. The van der Waals surface area contributed by atoms with Gasteiger partial charge in [0, 0.05) is 13.1 Å². The van der Waals surface area contributed by atoms with E-state index in [9.17, 15) is 9.59 Å². The van der Waals surface area contributed by atoms with Gasteiger partial charge < -0.3 is 4.90 Å². The van der Waals surface area contributed by atoms with E-state index >= 15 is 0 Å². The van der Waals surface area contributed by atoms with Crippen LogP contribution in [0, 0.1) is 25.2 Å². The first-order chi connectivity index (χ1) is 10.5. The van der Waals surface area contributed by atoms with Crippen molar-refractivity contribution in [2.75, 3.05) is 7.05 Å². The van der Waals surface area contributed by atoms with Gasteiger partial charge in [-0.3, -0.25) is 9.59 Å². The highest BCUT2D eigenvalue weighted by atomic mass is 16.2. The van der Waals surface area contributed by atoms with Crippen LogP contribution in [0.5, 0.6) is 0 Å². The molecule has 1 aliphatic rings. The molecule has 0 unspecified atom stereocenters. The Kier molecular flexibility index (Phi) is 4.96. The zero-order chi connectivity index (χ0) is 16.3. The van der Waals surface area contributed by atoms with Gasteiger partial charge in [0.1, 0.15) is 18.2 Å². The van der Waals surface area contributed by atoms with Crippen LogP contribution in [-0.4, -0.2) is 33.7 Å². The molecule has 1 aromatic heterocycles. The predicted octanol–water partition coefficient (Wildman–Crippen LogP) is 1.52. The molecule has 1 heterocycles. The van der Waals surface area contributed by atoms with E-state index in [1.54, 1.807) is 25.8 Å². The molecule has 0 bridgehead atoms. The number of carbonyl (C=O) groups is 1. The van der Waals surface area contributed by atoms with Gasteiger partial charge in [0.05, 0.1) is 5.69 Å². The van der Waals surface area contributed by atoms with Crippen molar-refractivity contribution in [2.24, 2.45) is 0 Å². The van der Waals surface area contributed by atoms with E-state index in [1.165, 1.54) is 6.42 Å². The Labute approximate surface area is 130 Å². The minimum atomic E-state index is -0.490. The number of nitriles is 1. The largest absolute Gasteiger partial charge is 0.341 e. The molecule has 0 N–H and O–H groups in total. The maximum absolute atomic E-state index is 12.4. The van der Waals surface area contributed by atoms with Crippen molar-refractivity contribution in [1.29, 1.82) is 5.26 Å². The Balaban J connectivity index is 2.20. The van der Waals surface area contributed by atoms with Crippen LogP contribution < -0.4 is 5.56 Å². The van der Waals surface area contributed by atoms with Crippen LogP contribution in [0.1, 0.15) is 48.9 Å². The van der Waals surface area contributed by atoms with Crippen LogP contribution in [0.2, 0.25) is 0 Å². The van der Waals surface area contributed by atoms with E-state index in [1.807, 2.05) is 6.07 Å². The molecule has 22 heavy (non-hydrogen) atoms. The maximum Gasteiger partial charge on any atom is 0.285 e. The third kappa shape index (κ3) is 3.19. The third-order valence-corrected chi connectivity index (χ3v) is 4.55. The first kappa shape index (κ1) is 16.2. The first-order valence-corrected chi connectivity index (χ1v) is 7.69. The zero-order valence-corrected chi connectivity index (χ0v) is 13.4. The van der Waals surface area contributed by atoms with Crippen molar-refractivity contribution in [3.63, 3.8) is 0 Å². The van der Waals surface area contributed by atoms with Crippen molar-refractivity contribution in [2.45, 2.75) is 58.5 Å². The monoisotopic (exact) mass is 302 g/mol. The van der Waals surface area contributed by atoms with Gasteiger partial charge in [-0.15, -0.1) is 0 Å². The number of aryl methyl sites for hydroxylation is 1. The second-order valence-corrected chi connectivity index (χ2v) is 5.96. The molecule has 0 radical (unpaired) electrons. The van der Waals surface area contributed by atoms with Crippen LogP contribution in [-0.2, 0) is 11.3 Å². The fourth-order valence-corrected chi connectivity index (χ4v) is 2.92. The van der Waals surface area contributed by atoms with Crippen LogP contribution in [0.15, 0.2) is 4.79 Å². The first-order valence-electron chi connectivity index (χ1n) is 7.69. The van der Waals surface area contributed by atoms with Crippen molar-refractivity contribution in [3.8, 4) is 6.07 Å². The summed E-state index contributed by atoms with van der Waals surface area (Å²) < 4.78 is 1.11. The Morgan fingerprint density at radius 3 is 2.59 bits per heavy atom. The summed E-state index contributed by atoms with van der Waals surface area (Å²) >= 11 is 0. The standard InChI is InChI=1S/C16H22N4O2/c1-11-12(2)18-20(16(22)14(11)9-17)10-15(21)19(3)13-7-5-4-6-8-13/h13H,4-8,10H2,1-3H3. The zero-order valence-electron chi connectivity index (χ0n) is 13.4. The molecule has 0 spiro atoms. The van der Waals surface area contributed by atoms with Gasteiger partial charge in [0.2, 0.25) is 5.91 Å². The van der Waals surface area contributed by atoms with Crippen LogP contribution in [0.4, 0.5) is 0 Å². The Morgan fingerprint density at radius 1 is 1.36 bits per heavy atom. The summed E-state index contributed by atoms with van der Waals surface area (Å²) in [7, 11) is 1.79. The molecule has 6 heteroatoms. The lowest BCUT2D eigenvalue weighted by atomic mass is 9.94. The fourth-order valence-electron chi connectivity index (χ4n) is 2.92. The number of rotatable bonds is 3. The molecule has 0 saturated heterocycles. The topological polar surface area (TPSA) is 79.0 Å². The molecular weight excluding hydrogens is 280 g/mol. The number of carbonyl (C=O) groups excluding carboxylic acids is 1. The average Bonchev–Trinajstić information content (AvgIpc) is 2.53. The lowest BCUT2D eigenvalue weighted by molar-refractivity contribution is -0.133. The van der Waals surface area contributed by atoms with Crippen molar-refractivity contribution < 1.29 is 4.79 Å². The lowest BCUT2D eigenvalue weighted by Crippen LogP contribution is -2.42. The summed E-state index contributed by atoms with van der Waals surface area (Å²) in [6, 6.07) is 2.16. The van der Waals surface area contributed by atoms with Gasteiger partial charge in [-0.2, -0.15) is 10.4 Å². The Hall–Kier alpha value is -2.16. The van der Waals surface area contributed by atoms with E-state index in [-0.39, 0.29) is 24.1 Å². The van der Waals surface area contributed by atoms with Gasteiger partial charge in [-0.25, -0.2) is 4.68 Å². The Morgan fingerprint density at radius 2 is 2.00 bits per heavy atom. The molecule has 1 saturated carbocycles. The maximum atomic E-state index is 12.4. The van der Waals surface area contributed by atoms with E-state index in [0.717, 1.165) is 30.4 Å². The smallest absolute Gasteiger partial charge is 0.285 e. The summed E-state index contributed by atoms with van der Waals surface area (Å²) in [6.45, 7) is 3.33. The molecule has 1 fully saturated rings. The van der Waals surface area contributed by atoms with E-state index in [4.69, 9.17) is 5.26 Å². The van der Waals surface area contributed by atoms with Crippen molar-refractivity contribution in [1.82, 2.24) is 14.7 Å². The SMILES string of the molecule is Cc1nn(CC(=O)N(C)C2CCCCC2)c(=O)c(C#N)c1C. The normalized spacial score (nSPS) is 15.4. The van der Waals surface area contributed by atoms with Gasteiger partial charge in [-0.05, 0) is 32.3 Å². The van der Waals surface area contributed by atoms with E-state index in [0.29, 0.717) is 11.3 Å². The van der Waals surface area contributed by atoms with E-state index in [2.05, 4.69) is 5.10 Å². The highest BCUT2D eigenvalue weighted by Gasteiger charge is 2.23. The third-order valence-electron chi connectivity index (χ3n) is 4.55. The number of likely N-dealkylation sites (N-methyl/N-ethyl adjacent to an activating group) is 1. The fraction of sp³-hybridized carbons (Fsp3) is 0.625. The van der Waals surface area contributed by atoms with Gasteiger partial charge >= 0.3 is 0 Å². The molecule has 6 nitrogen and oxygen atoms in total. The molecular formula is C16H22N4O2. The predicted molar refractivity (Wildman–Crippen MR) is 82.3 cm³/mol. The molecule has 2 rings (SSSR count). The molecule has 0 atom stereocenters. The molecule has 0 aromatic carbocycles. The quantitative estimate of drug-likeness (QED) is 0.848. The second-order valence-electron chi connectivity index (χ2n) is 5.96. The number of amides is 1. The number of hydrogen-bond acceptors (Lipinski definition) is 4. The van der Waals surface area contributed by atoms with Crippen LogP contribution in [0.25, 0.3) is 0 Å². The molecule has 1 amide bonds. The number of hydrogen-bond donors (Lipinski definition) is 0. The molecule has 118 valence electrons. The summed E-state index contributed by atoms with van der Waals surface area (Å²) in [5.41, 5.74) is 0.762. The Bertz CT molecular complexity index is 666. The van der Waals surface area contributed by atoms with Crippen LogP contribution in [0.3, 0.4) is 0 Å². The van der Waals surface area contributed by atoms with Gasteiger partial charge in [0.15, 0.2) is 0 Å². The second kappa shape index (κ2) is 6.73. The number of aromatic nitrogens is 2. The molecule has 0 aliphatic heterocycles. The summed E-state index contributed by atoms with van der Waals surface area (Å²) in [4.78, 5) is 26.3.